The highest BCUT2D eigenvalue weighted by Crippen LogP contribution is 2.31. The number of rotatable bonds is 1. The fraction of sp³-hybridized carbons (Fsp3) is 0.429. The number of hydrogen-bond acceptors (Lipinski definition) is 4. The van der Waals surface area contributed by atoms with Gasteiger partial charge in [0.05, 0.1) is 12.9 Å². The van der Waals surface area contributed by atoms with Crippen LogP contribution in [0.4, 0.5) is 0 Å². The second-order valence-electron chi connectivity index (χ2n) is 4.67. The van der Waals surface area contributed by atoms with Gasteiger partial charge in [-0.05, 0) is 13.0 Å². The van der Waals surface area contributed by atoms with Crippen LogP contribution in [0.3, 0.4) is 0 Å². The molecule has 3 rings (SSSR count). The Morgan fingerprint density at radius 2 is 2.00 bits per heavy atom. The number of fused-ring (bicyclic) bond motifs is 1. The van der Waals surface area contributed by atoms with Crippen molar-refractivity contribution in [3.05, 3.63) is 47.7 Å². The number of aliphatic hydroxyl groups excluding tert-OH is 1. The van der Waals surface area contributed by atoms with Crippen molar-refractivity contribution in [2.75, 3.05) is 6.61 Å². The fourth-order valence-electron chi connectivity index (χ4n) is 2.20. The molecule has 2 aliphatic heterocycles. The van der Waals surface area contributed by atoms with Crippen molar-refractivity contribution in [2.24, 2.45) is 0 Å². The van der Waals surface area contributed by atoms with Crippen LogP contribution in [0.5, 0.6) is 0 Å². The van der Waals surface area contributed by atoms with Crippen molar-refractivity contribution >= 4 is 0 Å². The molecule has 0 amide bonds. The second-order valence-corrected chi connectivity index (χ2v) is 4.67. The Balaban J connectivity index is 1.76. The minimum absolute atomic E-state index is 0.230. The van der Waals surface area contributed by atoms with Crippen LogP contribution in [0.15, 0.2) is 36.6 Å². The van der Waals surface area contributed by atoms with E-state index >= 15 is 0 Å². The Kier molecular flexibility index (Phi) is 3.07. The SMILES string of the molecule is Cc1ccc(C2OCC3OC=CC(O)C3O2)cc1. The van der Waals surface area contributed by atoms with Crippen molar-refractivity contribution in [3.8, 4) is 0 Å². The normalized spacial score (nSPS) is 34.8. The maximum absolute atomic E-state index is 9.87. The first-order valence-corrected chi connectivity index (χ1v) is 6.08. The summed E-state index contributed by atoms with van der Waals surface area (Å²) in [5.41, 5.74) is 2.15. The van der Waals surface area contributed by atoms with Crippen LogP contribution in [0.25, 0.3) is 0 Å². The molecule has 1 fully saturated rings. The highest BCUT2D eigenvalue weighted by Gasteiger charge is 2.39. The topological polar surface area (TPSA) is 47.9 Å². The Hall–Kier alpha value is -1.36. The van der Waals surface area contributed by atoms with Gasteiger partial charge in [-0.2, -0.15) is 0 Å². The third kappa shape index (κ3) is 2.14. The molecule has 4 atom stereocenters. The van der Waals surface area contributed by atoms with E-state index < -0.39 is 12.4 Å². The minimum Gasteiger partial charge on any atom is -0.493 e. The van der Waals surface area contributed by atoms with Gasteiger partial charge in [-0.3, -0.25) is 0 Å². The van der Waals surface area contributed by atoms with Crippen LogP contribution in [0.1, 0.15) is 17.4 Å². The lowest BCUT2D eigenvalue weighted by molar-refractivity contribution is -0.276. The van der Waals surface area contributed by atoms with Gasteiger partial charge in [0.15, 0.2) is 12.4 Å². The molecule has 96 valence electrons. The first-order chi connectivity index (χ1) is 8.74. The van der Waals surface area contributed by atoms with Crippen molar-refractivity contribution in [3.63, 3.8) is 0 Å². The summed E-state index contributed by atoms with van der Waals surface area (Å²) in [6.45, 7) is 2.45. The van der Waals surface area contributed by atoms with Crippen LogP contribution in [-0.4, -0.2) is 30.0 Å². The summed E-state index contributed by atoms with van der Waals surface area (Å²) in [7, 11) is 0. The molecule has 4 heteroatoms. The first-order valence-electron chi connectivity index (χ1n) is 6.08. The summed E-state index contributed by atoms with van der Waals surface area (Å²) in [5.74, 6) is 0. The first kappa shape index (κ1) is 11.7. The van der Waals surface area contributed by atoms with Gasteiger partial charge in [-0.25, -0.2) is 0 Å². The fourth-order valence-corrected chi connectivity index (χ4v) is 2.20. The quantitative estimate of drug-likeness (QED) is 0.821. The van der Waals surface area contributed by atoms with Crippen molar-refractivity contribution in [1.29, 1.82) is 0 Å². The number of ether oxygens (including phenoxy) is 3. The van der Waals surface area contributed by atoms with Gasteiger partial charge in [0, 0.05) is 5.56 Å². The van der Waals surface area contributed by atoms with E-state index in [1.807, 2.05) is 31.2 Å². The molecule has 2 aliphatic rings. The van der Waals surface area contributed by atoms with Gasteiger partial charge < -0.3 is 19.3 Å². The predicted molar refractivity (Wildman–Crippen MR) is 64.8 cm³/mol. The Labute approximate surface area is 106 Å². The number of hydrogen-bond donors (Lipinski definition) is 1. The molecule has 0 aromatic heterocycles. The number of aliphatic hydroxyl groups is 1. The zero-order chi connectivity index (χ0) is 12.5. The van der Waals surface area contributed by atoms with Crippen molar-refractivity contribution in [2.45, 2.75) is 31.5 Å². The van der Waals surface area contributed by atoms with E-state index in [0.717, 1.165) is 5.56 Å². The van der Waals surface area contributed by atoms with Gasteiger partial charge in [0.1, 0.15) is 12.2 Å². The van der Waals surface area contributed by atoms with Crippen molar-refractivity contribution < 1.29 is 19.3 Å². The third-order valence-corrected chi connectivity index (χ3v) is 3.27. The molecule has 1 aromatic rings. The summed E-state index contributed by atoms with van der Waals surface area (Å²) in [6.07, 6.45) is 1.43. The summed E-state index contributed by atoms with van der Waals surface area (Å²) >= 11 is 0. The molecular weight excluding hydrogens is 232 g/mol. The van der Waals surface area contributed by atoms with Crippen LogP contribution >= 0.6 is 0 Å². The van der Waals surface area contributed by atoms with Gasteiger partial charge in [-0.15, -0.1) is 0 Å². The van der Waals surface area contributed by atoms with Crippen LogP contribution < -0.4 is 0 Å². The summed E-state index contributed by atoms with van der Waals surface area (Å²) in [6, 6.07) is 7.99. The third-order valence-electron chi connectivity index (χ3n) is 3.27. The van der Waals surface area contributed by atoms with Crippen LogP contribution in [0.2, 0.25) is 0 Å². The second kappa shape index (κ2) is 4.72. The molecule has 2 heterocycles. The van der Waals surface area contributed by atoms with Crippen LogP contribution in [-0.2, 0) is 14.2 Å². The summed E-state index contributed by atoms with van der Waals surface area (Å²) < 4.78 is 16.8. The van der Waals surface area contributed by atoms with E-state index in [1.165, 1.54) is 11.8 Å². The summed E-state index contributed by atoms with van der Waals surface area (Å²) in [5, 5.41) is 9.87. The lowest BCUT2D eigenvalue weighted by Gasteiger charge is -2.39. The smallest absolute Gasteiger partial charge is 0.184 e. The number of aryl methyl sites for hydroxylation is 1. The highest BCUT2D eigenvalue weighted by molar-refractivity contribution is 5.22. The van der Waals surface area contributed by atoms with E-state index in [9.17, 15) is 5.11 Å². The molecule has 1 N–H and O–H groups in total. The summed E-state index contributed by atoms with van der Waals surface area (Å²) in [4.78, 5) is 0. The molecule has 0 spiro atoms. The van der Waals surface area contributed by atoms with Gasteiger partial charge >= 0.3 is 0 Å². The minimum atomic E-state index is -0.638. The monoisotopic (exact) mass is 248 g/mol. The van der Waals surface area contributed by atoms with E-state index in [1.54, 1.807) is 6.08 Å². The van der Waals surface area contributed by atoms with Gasteiger partial charge in [0.25, 0.3) is 0 Å². The average molecular weight is 248 g/mol. The predicted octanol–water partition coefficient (Wildman–Crippen LogP) is 1.68. The molecular formula is C14H16O4. The van der Waals surface area contributed by atoms with E-state index in [-0.39, 0.29) is 12.2 Å². The number of benzene rings is 1. The largest absolute Gasteiger partial charge is 0.493 e. The highest BCUT2D eigenvalue weighted by atomic mass is 16.7. The maximum atomic E-state index is 9.87. The molecule has 4 unspecified atom stereocenters. The molecule has 1 aromatic carbocycles. The van der Waals surface area contributed by atoms with Gasteiger partial charge in [-0.1, -0.05) is 29.8 Å². The Morgan fingerprint density at radius 1 is 1.22 bits per heavy atom. The molecule has 0 aliphatic carbocycles. The lowest BCUT2D eigenvalue weighted by atomic mass is 10.0. The van der Waals surface area contributed by atoms with E-state index in [4.69, 9.17) is 14.2 Å². The maximum Gasteiger partial charge on any atom is 0.184 e. The Bertz CT molecular complexity index is 440. The average Bonchev–Trinajstić information content (AvgIpc) is 2.40. The molecule has 18 heavy (non-hydrogen) atoms. The lowest BCUT2D eigenvalue weighted by Crippen LogP contribution is -2.49. The van der Waals surface area contributed by atoms with E-state index in [0.29, 0.717) is 6.61 Å². The van der Waals surface area contributed by atoms with Gasteiger partial charge in [0.2, 0.25) is 0 Å². The zero-order valence-corrected chi connectivity index (χ0v) is 10.2. The standard InChI is InChI=1S/C14H16O4/c1-9-2-4-10(5-3-9)14-17-8-12-13(18-14)11(15)6-7-16-12/h2-7,11-15H,8H2,1H3. The van der Waals surface area contributed by atoms with E-state index in [2.05, 4.69) is 0 Å². The molecule has 0 radical (unpaired) electrons. The Morgan fingerprint density at radius 3 is 2.78 bits per heavy atom. The molecule has 1 saturated heterocycles. The van der Waals surface area contributed by atoms with Crippen LogP contribution in [0, 0.1) is 6.92 Å². The molecule has 0 bridgehead atoms. The molecule has 0 saturated carbocycles. The van der Waals surface area contributed by atoms with Crippen molar-refractivity contribution in [1.82, 2.24) is 0 Å². The zero-order valence-electron chi connectivity index (χ0n) is 10.2. The molecule has 4 nitrogen and oxygen atoms in total.